The Balaban J connectivity index is 1.07. The number of benzene rings is 11. The topological polar surface area (TPSA) is 13.1 Å². The van der Waals surface area contributed by atoms with E-state index in [4.69, 9.17) is 4.42 Å². The van der Waals surface area contributed by atoms with Crippen LogP contribution in [0.3, 0.4) is 0 Å². The molecule has 1 heteroatoms. The fourth-order valence-corrected chi connectivity index (χ4v) is 11.3. The number of hydrogen-bond acceptors (Lipinski definition) is 1. The highest BCUT2D eigenvalue weighted by Gasteiger charge is 2.52. The highest BCUT2D eigenvalue weighted by Crippen LogP contribution is 2.64. The Morgan fingerprint density at radius 1 is 0.293 bits per heavy atom. The zero-order chi connectivity index (χ0) is 37.7. The lowest BCUT2D eigenvalue weighted by atomic mass is 9.70. The molecule has 0 amide bonds. The maximum Gasteiger partial charge on any atom is 0.135 e. The standard InChI is InChI=1S/C57H32O/c1-4-16-48-41(11-1)42-12-2-5-17-49(42)57(48)50-28-23-36(39-25-21-35-20-19-33-9-7-10-34-22-26-45(39)55(35)54(33)34)32-47(50)56-44-15-8-14-38(40(44)27-29-51(56)57)37-24-30-53-46(31-37)43-13-3-6-18-52(43)58-53/h1-32H. The molecule has 0 radical (unpaired) electrons. The molecule has 11 aromatic carbocycles. The molecule has 0 unspecified atom stereocenters. The van der Waals surface area contributed by atoms with Crippen molar-refractivity contribution in [3.05, 3.63) is 216 Å². The molecule has 0 bridgehead atoms. The van der Waals surface area contributed by atoms with Crippen LogP contribution in [0.15, 0.2) is 199 Å². The number of para-hydroxylation sites is 1. The van der Waals surface area contributed by atoms with Crippen LogP contribution in [0.5, 0.6) is 0 Å². The van der Waals surface area contributed by atoms with Gasteiger partial charge in [-0.2, -0.15) is 0 Å². The van der Waals surface area contributed by atoms with Gasteiger partial charge in [0.15, 0.2) is 0 Å². The molecule has 14 rings (SSSR count). The van der Waals surface area contributed by atoms with Gasteiger partial charge in [-0.3, -0.25) is 0 Å². The quantitative estimate of drug-likeness (QED) is 0.161. The lowest BCUT2D eigenvalue weighted by Crippen LogP contribution is -2.25. The monoisotopic (exact) mass is 732 g/mol. The SMILES string of the molecule is c1ccc2c(c1)-c1ccccc1C21c2ccc(-c3ccc4ccc5cccc6ccc3c4c56)cc2-c2c1ccc1c(-c3ccc4oc5ccccc5c4c3)cccc21. The van der Waals surface area contributed by atoms with Crippen molar-refractivity contribution in [1.29, 1.82) is 0 Å². The zero-order valence-electron chi connectivity index (χ0n) is 31.4. The average molecular weight is 733 g/mol. The molecule has 0 saturated carbocycles. The Kier molecular flexibility index (Phi) is 5.76. The van der Waals surface area contributed by atoms with E-state index in [1.807, 2.05) is 6.07 Å². The summed E-state index contributed by atoms with van der Waals surface area (Å²) < 4.78 is 6.25. The molecule has 1 aromatic heterocycles. The molecule has 0 saturated heterocycles. The van der Waals surface area contributed by atoms with Crippen LogP contribution in [0.4, 0.5) is 0 Å². The summed E-state index contributed by atoms with van der Waals surface area (Å²) in [6, 6.07) is 72.8. The van der Waals surface area contributed by atoms with Crippen molar-refractivity contribution < 1.29 is 4.42 Å². The Bertz CT molecular complexity index is 3690. The van der Waals surface area contributed by atoms with Gasteiger partial charge in [0.2, 0.25) is 0 Å². The second-order valence-electron chi connectivity index (χ2n) is 16.3. The number of hydrogen-bond donors (Lipinski definition) is 0. The smallest absolute Gasteiger partial charge is 0.135 e. The van der Waals surface area contributed by atoms with Gasteiger partial charge in [0.25, 0.3) is 0 Å². The molecule has 0 fully saturated rings. The van der Waals surface area contributed by atoms with Gasteiger partial charge in [-0.25, -0.2) is 0 Å². The molecule has 12 aromatic rings. The first kappa shape index (κ1) is 30.7. The minimum Gasteiger partial charge on any atom is -0.456 e. The van der Waals surface area contributed by atoms with Crippen LogP contribution in [0.1, 0.15) is 22.3 Å². The van der Waals surface area contributed by atoms with E-state index >= 15 is 0 Å². The highest BCUT2D eigenvalue weighted by molar-refractivity contribution is 6.25. The van der Waals surface area contributed by atoms with E-state index < -0.39 is 5.41 Å². The van der Waals surface area contributed by atoms with Crippen LogP contribution < -0.4 is 0 Å². The minimum atomic E-state index is -0.433. The molecular formula is C57H32O. The minimum absolute atomic E-state index is 0.433. The predicted molar refractivity (Wildman–Crippen MR) is 242 cm³/mol. The fourth-order valence-electron chi connectivity index (χ4n) is 11.3. The van der Waals surface area contributed by atoms with Crippen molar-refractivity contribution in [3.8, 4) is 44.5 Å². The highest BCUT2D eigenvalue weighted by atomic mass is 16.3. The molecule has 0 atom stereocenters. The summed E-state index contributed by atoms with van der Waals surface area (Å²) in [7, 11) is 0. The predicted octanol–water partition coefficient (Wildman–Crippen LogP) is 15.3. The summed E-state index contributed by atoms with van der Waals surface area (Å²) in [5.74, 6) is 0. The first-order valence-corrected chi connectivity index (χ1v) is 20.2. The van der Waals surface area contributed by atoms with Crippen LogP contribution in [-0.2, 0) is 5.41 Å². The van der Waals surface area contributed by atoms with E-state index in [1.165, 1.54) is 110 Å². The third kappa shape index (κ3) is 3.72. The van der Waals surface area contributed by atoms with Gasteiger partial charge in [-0.15, -0.1) is 0 Å². The van der Waals surface area contributed by atoms with Gasteiger partial charge in [0.05, 0.1) is 5.41 Å². The molecule has 1 nitrogen and oxygen atoms in total. The fraction of sp³-hybridized carbons (Fsp3) is 0.0175. The zero-order valence-corrected chi connectivity index (χ0v) is 31.4. The van der Waals surface area contributed by atoms with E-state index in [0.29, 0.717) is 0 Å². The Labute approximate surface area is 334 Å². The second-order valence-corrected chi connectivity index (χ2v) is 16.3. The summed E-state index contributed by atoms with van der Waals surface area (Å²) in [6.07, 6.45) is 0. The van der Waals surface area contributed by atoms with Crippen LogP contribution >= 0.6 is 0 Å². The van der Waals surface area contributed by atoms with Crippen LogP contribution in [-0.4, -0.2) is 0 Å². The van der Waals surface area contributed by atoms with E-state index in [2.05, 4.69) is 188 Å². The summed E-state index contributed by atoms with van der Waals surface area (Å²) in [5.41, 5.74) is 17.0. The lowest BCUT2D eigenvalue weighted by Gasteiger charge is -2.30. The maximum absolute atomic E-state index is 6.25. The van der Waals surface area contributed by atoms with Gasteiger partial charge in [0, 0.05) is 10.8 Å². The van der Waals surface area contributed by atoms with Crippen molar-refractivity contribution in [2.24, 2.45) is 0 Å². The molecule has 1 spiro atoms. The Morgan fingerprint density at radius 3 is 1.71 bits per heavy atom. The lowest BCUT2D eigenvalue weighted by molar-refractivity contribution is 0.669. The average Bonchev–Trinajstić information content (AvgIpc) is 3.91. The van der Waals surface area contributed by atoms with Crippen molar-refractivity contribution in [1.82, 2.24) is 0 Å². The molecular weight excluding hydrogens is 701 g/mol. The Hall–Kier alpha value is -7.48. The molecule has 2 aliphatic carbocycles. The third-order valence-electron chi connectivity index (χ3n) is 13.6. The van der Waals surface area contributed by atoms with Crippen LogP contribution in [0, 0.1) is 0 Å². The number of fused-ring (bicyclic) bond motifs is 15. The molecule has 58 heavy (non-hydrogen) atoms. The largest absolute Gasteiger partial charge is 0.456 e. The maximum atomic E-state index is 6.25. The molecule has 2 aliphatic rings. The second kappa shape index (κ2) is 10.9. The molecule has 0 aliphatic heterocycles. The molecule has 266 valence electrons. The van der Waals surface area contributed by atoms with Gasteiger partial charge in [-0.05, 0) is 134 Å². The first-order valence-electron chi connectivity index (χ1n) is 20.2. The van der Waals surface area contributed by atoms with Crippen molar-refractivity contribution in [3.63, 3.8) is 0 Å². The summed E-state index contributed by atoms with van der Waals surface area (Å²) in [4.78, 5) is 0. The number of furan rings is 1. The summed E-state index contributed by atoms with van der Waals surface area (Å²) in [5, 5.41) is 12.7. The van der Waals surface area contributed by atoms with Crippen molar-refractivity contribution >= 4 is 65.0 Å². The first-order chi connectivity index (χ1) is 28.8. The van der Waals surface area contributed by atoms with Crippen LogP contribution in [0.2, 0.25) is 0 Å². The number of rotatable bonds is 2. The van der Waals surface area contributed by atoms with E-state index in [9.17, 15) is 0 Å². The molecule has 1 heterocycles. The van der Waals surface area contributed by atoms with E-state index in [1.54, 1.807) is 0 Å². The van der Waals surface area contributed by atoms with Gasteiger partial charge >= 0.3 is 0 Å². The normalized spacial score (nSPS) is 13.7. The summed E-state index contributed by atoms with van der Waals surface area (Å²) in [6.45, 7) is 0. The van der Waals surface area contributed by atoms with Gasteiger partial charge in [-0.1, -0.05) is 170 Å². The third-order valence-corrected chi connectivity index (χ3v) is 13.6. The molecule has 0 N–H and O–H groups in total. The van der Waals surface area contributed by atoms with E-state index in [-0.39, 0.29) is 0 Å². The Morgan fingerprint density at radius 2 is 0.862 bits per heavy atom. The summed E-state index contributed by atoms with van der Waals surface area (Å²) >= 11 is 0. The van der Waals surface area contributed by atoms with Crippen molar-refractivity contribution in [2.75, 3.05) is 0 Å². The van der Waals surface area contributed by atoms with Crippen molar-refractivity contribution in [2.45, 2.75) is 5.41 Å². The van der Waals surface area contributed by atoms with E-state index in [0.717, 1.165) is 21.9 Å². The van der Waals surface area contributed by atoms with Crippen LogP contribution in [0.25, 0.3) is 110 Å². The van der Waals surface area contributed by atoms with Gasteiger partial charge in [0.1, 0.15) is 11.2 Å². The van der Waals surface area contributed by atoms with Gasteiger partial charge < -0.3 is 4.42 Å².